The summed E-state index contributed by atoms with van der Waals surface area (Å²) in [6.07, 6.45) is 1.02. The van der Waals surface area contributed by atoms with Gasteiger partial charge in [-0.25, -0.2) is 4.79 Å². The monoisotopic (exact) mass is 298 g/mol. The molecule has 2 rings (SSSR count). The summed E-state index contributed by atoms with van der Waals surface area (Å²) in [6.45, 7) is 0.657. The molecule has 0 saturated heterocycles. The largest absolute Gasteiger partial charge is 0.478 e. The molecule has 0 amide bonds. The van der Waals surface area contributed by atoms with Crippen LogP contribution in [0.15, 0.2) is 48.5 Å². The Balaban J connectivity index is 2.10. The lowest BCUT2D eigenvalue weighted by atomic mass is 9.98. The van der Waals surface area contributed by atoms with E-state index >= 15 is 0 Å². The maximum Gasteiger partial charge on any atom is 0.336 e. The number of methoxy groups -OCH3 is 1. The zero-order valence-electron chi connectivity index (χ0n) is 12.4. The standard InChI is InChI=1S/C18H18O4/c1-22-11-10-13-6-8-14(9-7-13)12-17(19)15-4-2-3-5-16(15)18(20)21/h2-9H,10-12H2,1H3,(H,20,21). The number of hydrogen-bond acceptors (Lipinski definition) is 3. The van der Waals surface area contributed by atoms with Gasteiger partial charge in [0.05, 0.1) is 12.2 Å². The highest BCUT2D eigenvalue weighted by Gasteiger charge is 2.15. The molecule has 0 saturated carbocycles. The van der Waals surface area contributed by atoms with Crippen molar-refractivity contribution in [2.75, 3.05) is 13.7 Å². The lowest BCUT2D eigenvalue weighted by Crippen LogP contribution is -2.10. The summed E-state index contributed by atoms with van der Waals surface area (Å²) in [4.78, 5) is 23.5. The quantitative estimate of drug-likeness (QED) is 0.798. The van der Waals surface area contributed by atoms with Crippen molar-refractivity contribution in [3.05, 3.63) is 70.8 Å². The van der Waals surface area contributed by atoms with E-state index in [1.165, 1.54) is 6.07 Å². The molecule has 2 aromatic carbocycles. The van der Waals surface area contributed by atoms with Crippen LogP contribution in [0.3, 0.4) is 0 Å². The minimum Gasteiger partial charge on any atom is -0.478 e. The Hall–Kier alpha value is -2.46. The molecule has 114 valence electrons. The van der Waals surface area contributed by atoms with Crippen LogP contribution in [-0.4, -0.2) is 30.6 Å². The van der Waals surface area contributed by atoms with Crippen molar-refractivity contribution < 1.29 is 19.4 Å². The highest BCUT2D eigenvalue weighted by molar-refractivity contribution is 6.06. The van der Waals surface area contributed by atoms with Crippen LogP contribution in [0, 0.1) is 0 Å². The second-order valence-electron chi connectivity index (χ2n) is 5.01. The van der Waals surface area contributed by atoms with E-state index in [4.69, 9.17) is 9.84 Å². The fourth-order valence-corrected chi connectivity index (χ4v) is 2.24. The van der Waals surface area contributed by atoms with Crippen molar-refractivity contribution in [2.24, 2.45) is 0 Å². The molecular formula is C18H18O4. The molecule has 0 radical (unpaired) electrons. The van der Waals surface area contributed by atoms with Gasteiger partial charge in [-0.05, 0) is 23.6 Å². The number of Topliss-reactive ketones (excluding diaryl/α,β-unsaturated/α-hetero) is 1. The molecule has 0 spiro atoms. The minimum atomic E-state index is -1.08. The second kappa shape index (κ2) is 7.52. The number of benzene rings is 2. The number of hydrogen-bond donors (Lipinski definition) is 1. The van der Waals surface area contributed by atoms with Gasteiger partial charge in [-0.15, -0.1) is 0 Å². The average Bonchev–Trinajstić information content (AvgIpc) is 2.54. The Kier molecular flexibility index (Phi) is 5.44. The molecular weight excluding hydrogens is 280 g/mol. The smallest absolute Gasteiger partial charge is 0.336 e. The van der Waals surface area contributed by atoms with Gasteiger partial charge in [-0.1, -0.05) is 42.5 Å². The van der Waals surface area contributed by atoms with Crippen molar-refractivity contribution in [1.29, 1.82) is 0 Å². The zero-order valence-corrected chi connectivity index (χ0v) is 12.4. The molecule has 0 unspecified atom stereocenters. The van der Waals surface area contributed by atoms with E-state index in [1.54, 1.807) is 25.3 Å². The van der Waals surface area contributed by atoms with Gasteiger partial charge >= 0.3 is 5.97 Å². The topological polar surface area (TPSA) is 63.6 Å². The van der Waals surface area contributed by atoms with Crippen molar-refractivity contribution in [3.8, 4) is 0 Å². The number of rotatable bonds is 7. The highest BCUT2D eigenvalue weighted by atomic mass is 16.5. The third kappa shape index (κ3) is 4.02. The Morgan fingerprint density at radius 2 is 1.55 bits per heavy atom. The normalized spacial score (nSPS) is 10.4. The van der Waals surface area contributed by atoms with Crippen LogP contribution >= 0.6 is 0 Å². The van der Waals surface area contributed by atoms with Crippen molar-refractivity contribution in [1.82, 2.24) is 0 Å². The lowest BCUT2D eigenvalue weighted by Gasteiger charge is -2.06. The summed E-state index contributed by atoms with van der Waals surface area (Å²) in [5.41, 5.74) is 2.30. The number of carbonyl (C=O) groups excluding carboxylic acids is 1. The molecule has 22 heavy (non-hydrogen) atoms. The third-order valence-electron chi connectivity index (χ3n) is 3.44. The Morgan fingerprint density at radius 1 is 0.955 bits per heavy atom. The number of ether oxygens (including phenoxy) is 1. The van der Waals surface area contributed by atoms with E-state index in [0.29, 0.717) is 6.61 Å². The minimum absolute atomic E-state index is 0.0456. The molecule has 0 aromatic heterocycles. The summed E-state index contributed by atoms with van der Waals surface area (Å²) in [5, 5.41) is 9.14. The van der Waals surface area contributed by atoms with E-state index in [2.05, 4.69) is 0 Å². The van der Waals surface area contributed by atoms with Gasteiger partial charge in [0.1, 0.15) is 0 Å². The molecule has 0 atom stereocenters. The summed E-state index contributed by atoms with van der Waals surface area (Å²) in [5.74, 6) is -1.28. The summed E-state index contributed by atoms with van der Waals surface area (Å²) >= 11 is 0. The van der Waals surface area contributed by atoms with E-state index in [-0.39, 0.29) is 23.3 Å². The van der Waals surface area contributed by atoms with Crippen molar-refractivity contribution in [2.45, 2.75) is 12.8 Å². The zero-order chi connectivity index (χ0) is 15.9. The Morgan fingerprint density at radius 3 is 2.14 bits per heavy atom. The molecule has 4 heteroatoms. The fraction of sp³-hybridized carbons (Fsp3) is 0.222. The average molecular weight is 298 g/mol. The van der Waals surface area contributed by atoms with E-state index in [9.17, 15) is 9.59 Å². The highest BCUT2D eigenvalue weighted by Crippen LogP contribution is 2.14. The number of aromatic carboxylic acids is 1. The predicted molar refractivity (Wildman–Crippen MR) is 83.5 cm³/mol. The summed E-state index contributed by atoms with van der Waals surface area (Å²) in [7, 11) is 1.66. The Bertz CT molecular complexity index is 659. The molecule has 1 N–H and O–H groups in total. The maximum absolute atomic E-state index is 12.3. The van der Waals surface area contributed by atoms with Crippen LogP contribution in [0.4, 0.5) is 0 Å². The van der Waals surface area contributed by atoms with Gasteiger partial charge in [0, 0.05) is 19.1 Å². The number of carbonyl (C=O) groups is 2. The molecule has 2 aromatic rings. The number of ketones is 1. The first-order chi connectivity index (χ1) is 10.6. The number of carboxylic acids is 1. The Labute approximate surface area is 129 Å². The molecule has 0 bridgehead atoms. The first-order valence-electron chi connectivity index (χ1n) is 7.04. The summed E-state index contributed by atoms with van der Waals surface area (Å²) < 4.78 is 5.02. The van der Waals surface area contributed by atoms with Gasteiger partial charge < -0.3 is 9.84 Å². The molecule has 0 heterocycles. The van der Waals surface area contributed by atoms with E-state index in [1.807, 2.05) is 24.3 Å². The van der Waals surface area contributed by atoms with Gasteiger partial charge in [0.15, 0.2) is 5.78 Å². The molecule has 4 nitrogen and oxygen atoms in total. The fourth-order valence-electron chi connectivity index (χ4n) is 2.24. The van der Waals surface area contributed by atoms with Crippen LogP contribution in [0.2, 0.25) is 0 Å². The maximum atomic E-state index is 12.3. The van der Waals surface area contributed by atoms with Crippen LogP contribution in [-0.2, 0) is 17.6 Å². The summed E-state index contributed by atoms with van der Waals surface area (Å²) in [6, 6.07) is 14.0. The third-order valence-corrected chi connectivity index (χ3v) is 3.44. The molecule has 0 fully saturated rings. The predicted octanol–water partition coefficient (Wildman–Crippen LogP) is 3.00. The number of carboxylic acid groups (broad SMARTS) is 1. The first-order valence-corrected chi connectivity index (χ1v) is 7.04. The SMILES string of the molecule is COCCc1ccc(CC(=O)c2ccccc2C(=O)O)cc1. The van der Waals surface area contributed by atoms with E-state index in [0.717, 1.165) is 17.5 Å². The van der Waals surface area contributed by atoms with Crippen LogP contribution in [0.1, 0.15) is 31.8 Å². The van der Waals surface area contributed by atoms with Crippen LogP contribution in [0.25, 0.3) is 0 Å². The van der Waals surface area contributed by atoms with Gasteiger partial charge in [-0.2, -0.15) is 0 Å². The van der Waals surface area contributed by atoms with Crippen LogP contribution < -0.4 is 0 Å². The first kappa shape index (κ1) is 15.9. The lowest BCUT2D eigenvalue weighted by molar-refractivity contribution is 0.0692. The van der Waals surface area contributed by atoms with Gasteiger partial charge in [0.25, 0.3) is 0 Å². The van der Waals surface area contributed by atoms with Gasteiger partial charge in [-0.3, -0.25) is 4.79 Å². The van der Waals surface area contributed by atoms with E-state index < -0.39 is 5.97 Å². The van der Waals surface area contributed by atoms with Gasteiger partial charge in [0.2, 0.25) is 0 Å². The van der Waals surface area contributed by atoms with Crippen molar-refractivity contribution in [3.63, 3.8) is 0 Å². The second-order valence-corrected chi connectivity index (χ2v) is 5.01. The van der Waals surface area contributed by atoms with Crippen LogP contribution in [0.5, 0.6) is 0 Å². The molecule has 0 aliphatic rings. The van der Waals surface area contributed by atoms with Crippen molar-refractivity contribution >= 4 is 11.8 Å². The molecule has 0 aliphatic heterocycles. The molecule has 0 aliphatic carbocycles.